The number of hydrogen-bond acceptors (Lipinski definition) is 3. The minimum absolute atomic E-state index is 0.0677. The molecule has 31 heavy (non-hydrogen) atoms. The monoisotopic (exact) mass is 416 g/mol. The molecule has 1 atom stereocenters. The van der Waals surface area contributed by atoms with Crippen LogP contribution in [0, 0.1) is 0 Å². The fourth-order valence-electron chi connectivity index (χ4n) is 4.98. The summed E-state index contributed by atoms with van der Waals surface area (Å²) < 4.78 is 2.17. The van der Waals surface area contributed by atoms with Crippen molar-refractivity contribution in [1.82, 2.24) is 19.4 Å². The molecule has 2 saturated heterocycles. The number of hydrogen-bond donors (Lipinski definition) is 0. The van der Waals surface area contributed by atoms with E-state index in [4.69, 9.17) is 4.98 Å². The molecule has 0 aliphatic carbocycles. The lowest BCUT2D eigenvalue weighted by Gasteiger charge is -2.32. The summed E-state index contributed by atoms with van der Waals surface area (Å²) in [4.78, 5) is 34.0. The lowest BCUT2D eigenvalue weighted by atomic mass is 9.96. The van der Waals surface area contributed by atoms with Crippen molar-refractivity contribution in [3.63, 3.8) is 0 Å². The summed E-state index contributed by atoms with van der Waals surface area (Å²) in [7, 11) is 2.06. The number of para-hydroxylation sites is 2. The van der Waals surface area contributed by atoms with E-state index in [9.17, 15) is 9.59 Å². The molecule has 1 unspecified atom stereocenters. The highest BCUT2D eigenvalue weighted by atomic mass is 16.2. The van der Waals surface area contributed by atoms with Gasteiger partial charge in [-0.05, 0) is 49.1 Å². The molecule has 2 aromatic carbocycles. The Labute approximate surface area is 182 Å². The maximum Gasteiger partial charge on any atom is 0.253 e. The summed E-state index contributed by atoms with van der Waals surface area (Å²) in [6.07, 6.45) is 3.57. The van der Waals surface area contributed by atoms with E-state index in [2.05, 4.69) is 17.7 Å². The molecule has 6 nitrogen and oxygen atoms in total. The molecule has 2 amide bonds. The number of rotatable bonds is 4. The van der Waals surface area contributed by atoms with Crippen molar-refractivity contribution in [1.29, 1.82) is 0 Å². The Morgan fingerprint density at radius 3 is 2.77 bits per heavy atom. The van der Waals surface area contributed by atoms with Gasteiger partial charge in [-0.2, -0.15) is 0 Å². The number of benzene rings is 2. The number of imidazole rings is 1. The molecule has 6 heteroatoms. The van der Waals surface area contributed by atoms with Gasteiger partial charge >= 0.3 is 0 Å². The average molecular weight is 417 g/mol. The fraction of sp³-hybridized carbons (Fsp3) is 0.400. The van der Waals surface area contributed by atoms with Gasteiger partial charge in [0.1, 0.15) is 5.82 Å². The Hall–Kier alpha value is -3.15. The van der Waals surface area contributed by atoms with Crippen LogP contribution in [0.2, 0.25) is 0 Å². The molecule has 2 aliphatic rings. The first kappa shape index (κ1) is 19.8. The minimum atomic E-state index is 0.0677. The van der Waals surface area contributed by atoms with Crippen LogP contribution in [-0.2, 0) is 18.4 Å². The van der Waals surface area contributed by atoms with Crippen LogP contribution in [-0.4, -0.2) is 50.8 Å². The first-order chi connectivity index (χ1) is 15.1. The molecule has 1 aromatic heterocycles. The molecule has 5 rings (SSSR count). The Balaban J connectivity index is 1.33. The van der Waals surface area contributed by atoms with E-state index in [1.807, 2.05) is 52.3 Å². The zero-order valence-electron chi connectivity index (χ0n) is 18.0. The number of nitrogens with zero attached hydrogens (tertiary/aromatic N) is 4. The van der Waals surface area contributed by atoms with Crippen LogP contribution in [0.15, 0.2) is 48.5 Å². The van der Waals surface area contributed by atoms with E-state index in [0.29, 0.717) is 25.1 Å². The maximum absolute atomic E-state index is 13.3. The third-order valence-electron chi connectivity index (χ3n) is 6.61. The Bertz CT molecular complexity index is 1140. The fourth-order valence-corrected chi connectivity index (χ4v) is 4.98. The molecule has 2 aliphatic heterocycles. The predicted molar refractivity (Wildman–Crippen MR) is 120 cm³/mol. The zero-order chi connectivity index (χ0) is 21.4. The van der Waals surface area contributed by atoms with Crippen LogP contribution in [0.5, 0.6) is 0 Å². The summed E-state index contributed by atoms with van der Waals surface area (Å²) in [5.41, 5.74) is 3.86. The van der Waals surface area contributed by atoms with Gasteiger partial charge in [0, 0.05) is 51.1 Å². The van der Waals surface area contributed by atoms with Crippen LogP contribution >= 0.6 is 0 Å². The largest absolute Gasteiger partial charge is 0.338 e. The van der Waals surface area contributed by atoms with Crippen molar-refractivity contribution in [2.75, 3.05) is 19.6 Å². The van der Waals surface area contributed by atoms with E-state index < -0.39 is 0 Å². The Kier molecular flexibility index (Phi) is 5.22. The van der Waals surface area contributed by atoms with Crippen molar-refractivity contribution in [3.05, 3.63) is 65.5 Å². The third-order valence-corrected chi connectivity index (χ3v) is 6.61. The van der Waals surface area contributed by atoms with E-state index >= 15 is 0 Å². The van der Waals surface area contributed by atoms with E-state index in [1.54, 1.807) is 0 Å². The second kappa shape index (κ2) is 8.17. The van der Waals surface area contributed by atoms with Gasteiger partial charge in [-0.3, -0.25) is 9.59 Å². The van der Waals surface area contributed by atoms with Gasteiger partial charge in [0.15, 0.2) is 0 Å². The number of carbonyl (C=O) groups is 2. The van der Waals surface area contributed by atoms with Crippen molar-refractivity contribution in [2.45, 2.75) is 38.1 Å². The first-order valence-corrected chi connectivity index (χ1v) is 11.2. The highest BCUT2D eigenvalue weighted by Gasteiger charge is 2.29. The summed E-state index contributed by atoms with van der Waals surface area (Å²) in [6, 6.07) is 15.9. The normalized spacial score (nSPS) is 19.4. The smallest absolute Gasteiger partial charge is 0.253 e. The van der Waals surface area contributed by atoms with Crippen molar-refractivity contribution >= 4 is 22.8 Å². The maximum atomic E-state index is 13.3. The molecule has 0 radical (unpaired) electrons. The van der Waals surface area contributed by atoms with Crippen LogP contribution in [0.25, 0.3) is 11.0 Å². The summed E-state index contributed by atoms with van der Waals surface area (Å²) in [5.74, 6) is 1.57. The van der Waals surface area contributed by atoms with Crippen LogP contribution in [0.1, 0.15) is 53.3 Å². The number of amides is 2. The standard InChI is InChI=1S/C25H28N4O2/c1-27-22-11-3-2-10-21(22)26-24(27)20-9-5-14-29(17-20)25(31)19-8-4-7-18(15-19)16-28-13-6-12-23(28)30/h2-4,7-8,10-11,15,20H,5-6,9,12-14,16-17H2,1H3. The van der Waals surface area contributed by atoms with Gasteiger partial charge < -0.3 is 14.4 Å². The Morgan fingerprint density at radius 2 is 1.97 bits per heavy atom. The Morgan fingerprint density at radius 1 is 1.10 bits per heavy atom. The molecule has 2 fully saturated rings. The number of piperidine rings is 1. The van der Waals surface area contributed by atoms with Gasteiger partial charge in [0.2, 0.25) is 5.91 Å². The van der Waals surface area contributed by atoms with Gasteiger partial charge in [-0.1, -0.05) is 24.3 Å². The minimum Gasteiger partial charge on any atom is -0.338 e. The molecule has 0 spiro atoms. The predicted octanol–water partition coefficient (Wildman–Crippen LogP) is 3.72. The molecule has 160 valence electrons. The van der Waals surface area contributed by atoms with E-state index in [-0.39, 0.29) is 17.7 Å². The number of aryl methyl sites for hydroxylation is 1. The van der Waals surface area contributed by atoms with Gasteiger partial charge in [-0.25, -0.2) is 4.98 Å². The lowest BCUT2D eigenvalue weighted by molar-refractivity contribution is -0.128. The van der Waals surface area contributed by atoms with Crippen molar-refractivity contribution in [2.24, 2.45) is 7.05 Å². The van der Waals surface area contributed by atoms with Gasteiger partial charge in [0.05, 0.1) is 11.0 Å². The highest BCUT2D eigenvalue weighted by molar-refractivity contribution is 5.94. The lowest BCUT2D eigenvalue weighted by Crippen LogP contribution is -2.39. The molecular weight excluding hydrogens is 388 g/mol. The quantitative estimate of drug-likeness (QED) is 0.651. The van der Waals surface area contributed by atoms with Crippen molar-refractivity contribution in [3.8, 4) is 0 Å². The summed E-state index contributed by atoms with van der Waals surface area (Å²) in [5, 5.41) is 0. The van der Waals surface area contributed by atoms with E-state index in [1.165, 1.54) is 0 Å². The molecule has 3 aromatic rings. The topological polar surface area (TPSA) is 58.4 Å². The zero-order valence-corrected chi connectivity index (χ0v) is 18.0. The second-order valence-corrected chi connectivity index (χ2v) is 8.73. The number of carbonyl (C=O) groups excluding carboxylic acids is 2. The van der Waals surface area contributed by atoms with Crippen LogP contribution in [0.4, 0.5) is 0 Å². The van der Waals surface area contributed by atoms with Crippen LogP contribution < -0.4 is 0 Å². The van der Waals surface area contributed by atoms with Crippen molar-refractivity contribution < 1.29 is 9.59 Å². The molecule has 3 heterocycles. The highest BCUT2D eigenvalue weighted by Crippen LogP contribution is 2.29. The first-order valence-electron chi connectivity index (χ1n) is 11.2. The number of likely N-dealkylation sites (tertiary alicyclic amines) is 2. The molecule has 0 bridgehead atoms. The van der Waals surface area contributed by atoms with Crippen LogP contribution in [0.3, 0.4) is 0 Å². The molecule has 0 saturated carbocycles. The SMILES string of the molecule is Cn1c(C2CCCN(C(=O)c3cccc(CN4CCCC4=O)c3)C2)nc2ccccc21. The average Bonchev–Trinajstić information content (AvgIpc) is 3.36. The third kappa shape index (κ3) is 3.82. The van der Waals surface area contributed by atoms with Gasteiger partial charge in [-0.15, -0.1) is 0 Å². The van der Waals surface area contributed by atoms with E-state index in [0.717, 1.165) is 54.8 Å². The number of fused-ring (bicyclic) bond motifs is 1. The summed E-state index contributed by atoms with van der Waals surface area (Å²) in [6.45, 7) is 2.85. The molecular formula is C25H28N4O2. The summed E-state index contributed by atoms with van der Waals surface area (Å²) >= 11 is 0. The number of aromatic nitrogens is 2. The van der Waals surface area contributed by atoms with Gasteiger partial charge in [0.25, 0.3) is 5.91 Å². The second-order valence-electron chi connectivity index (χ2n) is 8.73. The molecule has 0 N–H and O–H groups in total.